The average molecular weight is 287 g/mol. The Labute approximate surface area is 112 Å². The average Bonchev–Trinajstić information content (AvgIpc) is 2.43. The predicted molar refractivity (Wildman–Crippen MR) is 62.6 cm³/mol. The second-order valence-corrected chi connectivity index (χ2v) is 4.24. The quantitative estimate of drug-likeness (QED) is 0.398. The molecule has 4 N–H and O–H groups in total. The van der Waals surface area contributed by atoms with Crippen molar-refractivity contribution < 1.29 is 34.8 Å². The van der Waals surface area contributed by atoms with E-state index in [1.807, 2.05) is 0 Å². The number of benzene rings is 1. The van der Waals surface area contributed by atoms with Crippen LogP contribution in [0.1, 0.15) is 0 Å². The third-order valence-corrected chi connectivity index (χ3v) is 2.84. The minimum Gasteiger partial charge on any atom is -0.462 e. The summed E-state index contributed by atoms with van der Waals surface area (Å²) in [6, 6.07) is 4.93. The summed E-state index contributed by atoms with van der Waals surface area (Å²) in [5.74, 6) is 0.135. The van der Waals surface area contributed by atoms with Crippen LogP contribution < -0.4 is 4.74 Å². The van der Waals surface area contributed by atoms with Crippen molar-refractivity contribution in [1.29, 1.82) is 0 Å². The molecule has 1 aromatic rings. The number of non-ortho nitro benzene ring substituents is 1. The minimum absolute atomic E-state index is 0.135. The lowest BCUT2D eigenvalue weighted by Gasteiger charge is -2.37. The van der Waals surface area contributed by atoms with Crippen LogP contribution in [0, 0.1) is 10.1 Å². The summed E-state index contributed by atoms with van der Waals surface area (Å²) in [6.45, 7) is 0. The van der Waals surface area contributed by atoms with Crippen molar-refractivity contribution in [2.75, 3.05) is 0 Å². The Morgan fingerprint density at radius 2 is 1.65 bits per heavy atom. The highest BCUT2D eigenvalue weighted by molar-refractivity contribution is 5.36. The molecule has 9 nitrogen and oxygen atoms in total. The lowest BCUT2D eigenvalue weighted by atomic mass is 10.0. The first-order valence-corrected chi connectivity index (χ1v) is 5.69. The molecule has 0 amide bonds. The number of ether oxygens (including phenoxy) is 2. The summed E-state index contributed by atoms with van der Waals surface area (Å²) in [5, 5.41) is 48.2. The normalized spacial score (nSPS) is 33.7. The maximum atomic E-state index is 10.5. The van der Waals surface area contributed by atoms with Gasteiger partial charge in [0.25, 0.3) is 5.69 Å². The number of nitro benzene ring substituents is 1. The number of aliphatic hydroxyl groups is 4. The lowest BCUT2D eigenvalue weighted by Crippen LogP contribution is -2.59. The van der Waals surface area contributed by atoms with E-state index >= 15 is 0 Å². The molecule has 0 aliphatic carbocycles. The fourth-order valence-corrected chi connectivity index (χ4v) is 1.71. The summed E-state index contributed by atoms with van der Waals surface area (Å²) < 4.78 is 9.97. The maximum absolute atomic E-state index is 10.5. The zero-order valence-corrected chi connectivity index (χ0v) is 10.1. The van der Waals surface area contributed by atoms with Gasteiger partial charge in [0.05, 0.1) is 4.92 Å². The van der Waals surface area contributed by atoms with E-state index in [-0.39, 0.29) is 11.4 Å². The fraction of sp³-hybridized carbons (Fsp3) is 0.455. The molecule has 20 heavy (non-hydrogen) atoms. The highest BCUT2D eigenvalue weighted by Gasteiger charge is 2.44. The topological polar surface area (TPSA) is 143 Å². The Bertz CT molecular complexity index is 478. The first-order chi connectivity index (χ1) is 9.40. The molecule has 5 atom stereocenters. The molecule has 1 unspecified atom stereocenters. The Hall–Kier alpha value is -1.78. The molecule has 0 saturated carbocycles. The minimum atomic E-state index is -1.71. The summed E-state index contributed by atoms with van der Waals surface area (Å²) >= 11 is 0. The molecule has 2 rings (SSSR count). The van der Waals surface area contributed by atoms with Crippen molar-refractivity contribution in [3.05, 3.63) is 34.4 Å². The van der Waals surface area contributed by atoms with Crippen LogP contribution in [0.15, 0.2) is 24.3 Å². The number of nitrogens with zero attached hydrogens (tertiary/aromatic N) is 1. The monoisotopic (exact) mass is 287 g/mol. The molecular weight excluding hydrogens is 274 g/mol. The first kappa shape index (κ1) is 14.6. The van der Waals surface area contributed by atoms with Crippen molar-refractivity contribution in [3.8, 4) is 5.75 Å². The van der Waals surface area contributed by atoms with Gasteiger partial charge in [-0.05, 0) is 12.1 Å². The van der Waals surface area contributed by atoms with E-state index in [2.05, 4.69) is 0 Å². The third-order valence-electron chi connectivity index (χ3n) is 2.84. The van der Waals surface area contributed by atoms with Crippen molar-refractivity contribution in [2.45, 2.75) is 30.9 Å². The van der Waals surface area contributed by atoms with Gasteiger partial charge in [0.1, 0.15) is 24.1 Å². The van der Waals surface area contributed by atoms with Gasteiger partial charge >= 0.3 is 0 Å². The van der Waals surface area contributed by atoms with Crippen LogP contribution in [0.25, 0.3) is 0 Å². The number of hydrogen-bond acceptors (Lipinski definition) is 8. The van der Waals surface area contributed by atoms with Crippen LogP contribution in [0.5, 0.6) is 5.75 Å². The van der Waals surface area contributed by atoms with Gasteiger partial charge in [-0.25, -0.2) is 0 Å². The third kappa shape index (κ3) is 2.86. The van der Waals surface area contributed by atoms with Crippen LogP contribution in [0.3, 0.4) is 0 Å². The summed E-state index contributed by atoms with van der Waals surface area (Å²) in [7, 11) is 0. The SMILES string of the molecule is O=[N+]([O-])c1ccc(OC2O[C@H](O)[C@@H](O)[C@H](O)[C@H]2O)cc1. The van der Waals surface area contributed by atoms with Crippen molar-refractivity contribution in [3.63, 3.8) is 0 Å². The van der Waals surface area contributed by atoms with Gasteiger partial charge in [-0.1, -0.05) is 0 Å². The van der Waals surface area contributed by atoms with Crippen LogP contribution >= 0.6 is 0 Å². The van der Waals surface area contributed by atoms with Crippen LogP contribution in [-0.2, 0) is 4.74 Å². The number of nitro groups is 1. The van der Waals surface area contributed by atoms with Crippen molar-refractivity contribution in [2.24, 2.45) is 0 Å². The zero-order chi connectivity index (χ0) is 14.9. The van der Waals surface area contributed by atoms with Crippen LogP contribution in [-0.4, -0.2) is 56.2 Å². The Balaban J connectivity index is 2.07. The van der Waals surface area contributed by atoms with E-state index in [4.69, 9.17) is 9.47 Å². The van der Waals surface area contributed by atoms with Gasteiger partial charge < -0.3 is 29.9 Å². The molecule has 110 valence electrons. The van der Waals surface area contributed by atoms with Gasteiger partial charge in [0.15, 0.2) is 6.29 Å². The molecule has 0 aromatic heterocycles. The molecule has 1 aliphatic rings. The summed E-state index contributed by atoms with van der Waals surface area (Å²) in [4.78, 5) is 9.90. The van der Waals surface area contributed by atoms with E-state index in [0.29, 0.717) is 0 Å². The lowest BCUT2D eigenvalue weighted by molar-refractivity contribution is -0.384. The largest absolute Gasteiger partial charge is 0.462 e. The Kier molecular flexibility index (Phi) is 4.16. The molecule has 1 aliphatic heterocycles. The van der Waals surface area contributed by atoms with E-state index < -0.39 is 35.8 Å². The van der Waals surface area contributed by atoms with E-state index in [9.17, 15) is 30.5 Å². The molecule has 1 saturated heterocycles. The molecule has 9 heteroatoms. The Morgan fingerprint density at radius 1 is 1.05 bits per heavy atom. The van der Waals surface area contributed by atoms with Gasteiger partial charge in [-0.3, -0.25) is 10.1 Å². The number of aliphatic hydroxyl groups excluding tert-OH is 4. The zero-order valence-electron chi connectivity index (χ0n) is 10.1. The van der Waals surface area contributed by atoms with Crippen molar-refractivity contribution >= 4 is 5.69 Å². The van der Waals surface area contributed by atoms with Crippen LogP contribution in [0.2, 0.25) is 0 Å². The van der Waals surface area contributed by atoms with E-state index in [1.54, 1.807) is 0 Å². The highest BCUT2D eigenvalue weighted by Crippen LogP contribution is 2.24. The van der Waals surface area contributed by atoms with E-state index in [1.165, 1.54) is 24.3 Å². The van der Waals surface area contributed by atoms with Crippen molar-refractivity contribution in [1.82, 2.24) is 0 Å². The summed E-state index contributed by atoms with van der Waals surface area (Å²) in [6.07, 6.45) is -7.99. The van der Waals surface area contributed by atoms with Crippen LogP contribution in [0.4, 0.5) is 5.69 Å². The number of hydrogen-bond donors (Lipinski definition) is 4. The predicted octanol–water partition coefficient (Wildman–Crippen LogP) is -1.27. The molecule has 0 radical (unpaired) electrons. The van der Waals surface area contributed by atoms with Gasteiger partial charge in [0, 0.05) is 12.1 Å². The second-order valence-electron chi connectivity index (χ2n) is 4.24. The highest BCUT2D eigenvalue weighted by atomic mass is 16.7. The molecule has 1 fully saturated rings. The molecule has 1 heterocycles. The maximum Gasteiger partial charge on any atom is 0.269 e. The molecular formula is C11H13NO8. The first-order valence-electron chi connectivity index (χ1n) is 5.69. The van der Waals surface area contributed by atoms with Gasteiger partial charge in [0.2, 0.25) is 6.29 Å². The molecule has 1 aromatic carbocycles. The molecule has 0 spiro atoms. The summed E-state index contributed by atoms with van der Waals surface area (Å²) in [5.41, 5.74) is -0.141. The fourth-order valence-electron chi connectivity index (χ4n) is 1.71. The van der Waals surface area contributed by atoms with Gasteiger partial charge in [-0.2, -0.15) is 0 Å². The standard InChI is InChI=1S/C11H13NO8/c13-7-8(14)10(16)20-11(9(7)15)19-6-3-1-5(2-4-6)12(17)18/h1-4,7-11,13-16H/t7-,8-,9+,10-,11?/m0/s1. The Morgan fingerprint density at radius 3 is 2.20 bits per heavy atom. The van der Waals surface area contributed by atoms with E-state index in [0.717, 1.165) is 0 Å². The second kappa shape index (κ2) is 5.69. The molecule has 0 bridgehead atoms. The smallest absolute Gasteiger partial charge is 0.269 e. The van der Waals surface area contributed by atoms with Gasteiger partial charge in [-0.15, -0.1) is 0 Å². The number of rotatable bonds is 3.